The van der Waals surface area contributed by atoms with Gasteiger partial charge in [0.2, 0.25) is 0 Å². The molecule has 1 saturated heterocycles. The van der Waals surface area contributed by atoms with Crippen molar-refractivity contribution in [3.05, 3.63) is 28.8 Å². The minimum absolute atomic E-state index is 0.434. The number of halogens is 1. The molecule has 3 nitrogen and oxygen atoms in total. The minimum atomic E-state index is -0.610. The van der Waals surface area contributed by atoms with Crippen LogP contribution in [0.15, 0.2) is 18.2 Å². The third-order valence-electron chi connectivity index (χ3n) is 3.25. The van der Waals surface area contributed by atoms with Crippen LogP contribution in [0.25, 0.3) is 0 Å². The van der Waals surface area contributed by atoms with Gasteiger partial charge in [0.05, 0.1) is 7.11 Å². The summed E-state index contributed by atoms with van der Waals surface area (Å²) >= 11 is 6.18. The Bertz CT molecular complexity index is 429. The molecule has 1 fully saturated rings. The van der Waals surface area contributed by atoms with Crippen LogP contribution in [0, 0.1) is 0 Å². The Kier molecular flexibility index (Phi) is 5.03. The number of rotatable bonds is 4. The van der Waals surface area contributed by atoms with E-state index in [1.807, 2.05) is 18.2 Å². The SMILES string of the molecule is COc1cccc(Cl)c1CNC1CCS(=O)CC1. The van der Waals surface area contributed by atoms with Crippen molar-refractivity contribution < 1.29 is 8.95 Å². The van der Waals surface area contributed by atoms with E-state index >= 15 is 0 Å². The Balaban J connectivity index is 1.95. The Morgan fingerprint density at radius 2 is 2.17 bits per heavy atom. The fraction of sp³-hybridized carbons (Fsp3) is 0.538. The Morgan fingerprint density at radius 3 is 2.83 bits per heavy atom. The molecular formula is C13H18ClNO2S. The molecule has 1 aromatic rings. The fourth-order valence-electron chi connectivity index (χ4n) is 2.15. The average Bonchev–Trinajstić information content (AvgIpc) is 2.39. The zero-order chi connectivity index (χ0) is 13.0. The topological polar surface area (TPSA) is 38.3 Å². The fourth-order valence-corrected chi connectivity index (χ4v) is 3.68. The van der Waals surface area contributed by atoms with Crippen molar-refractivity contribution in [1.29, 1.82) is 0 Å². The van der Waals surface area contributed by atoms with Crippen LogP contribution >= 0.6 is 11.6 Å². The van der Waals surface area contributed by atoms with E-state index in [-0.39, 0.29) is 0 Å². The average molecular weight is 288 g/mol. The van der Waals surface area contributed by atoms with Crippen LogP contribution in [0.3, 0.4) is 0 Å². The molecule has 0 radical (unpaired) electrons. The molecule has 0 unspecified atom stereocenters. The van der Waals surface area contributed by atoms with Gasteiger partial charge in [-0.2, -0.15) is 0 Å². The predicted molar refractivity (Wildman–Crippen MR) is 75.7 cm³/mol. The molecule has 1 aliphatic rings. The van der Waals surface area contributed by atoms with Gasteiger partial charge in [0.25, 0.3) is 0 Å². The van der Waals surface area contributed by atoms with Gasteiger partial charge in [0, 0.05) is 45.5 Å². The normalized spacial score (nSPS) is 23.9. The summed E-state index contributed by atoms with van der Waals surface area (Å²) in [5.74, 6) is 2.42. The van der Waals surface area contributed by atoms with E-state index in [2.05, 4.69) is 5.32 Å². The van der Waals surface area contributed by atoms with Crippen LogP contribution in [0.2, 0.25) is 5.02 Å². The van der Waals surface area contributed by atoms with Gasteiger partial charge < -0.3 is 10.1 Å². The summed E-state index contributed by atoms with van der Waals surface area (Å²) < 4.78 is 16.6. The van der Waals surface area contributed by atoms with Crippen molar-refractivity contribution in [1.82, 2.24) is 5.32 Å². The van der Waals surface area contributed by atoms with Crippen LogP contribution in [-0.4, -0.2) is 28.9 Å². The van der Waals surface area contributed by atoms with Crippen molar-refractivity contribution in [2.45, 2.75) is 25.4 Å². The zero-order valence-corrected chi connectivity index (χ0v) is 12.0. The summed E-state index contributed by atoms with van der Waals surface area (Å²) in [6.07, 6.45) is 1.94. The first kappa shape index (κ1) is 13.8. The standard InChI is InChI=1S/C13H18ClNO2S/c1-17-13-4-2-3-12(14)11(13)9-15-10-5-7-18(16)8-6-10/h2-4,10,15H,5-9H2,1H3. The summed E-state index contributed by atoms with van der Waals surface area (Å²) in [4.78, 5) is 0. The van der Waals surface area contributed by atoms with E-state index in [1.54, 1.807) is 7.11 Å². The molecule has 0 amide bonds. The summed E-state index contributed by atoms with van der Waals surface area (Å²) in [6.45, 7) is 0.695. The highest BCUT2D eigenvalue weighted by Crippen LogP contribution is 2.26. The van der Waals surface area contributed by atoms with Gasteiger partial charge in [0.1, 0.15) is 5.75 Å². The van der Waals surface area contributed by atoms with E-state index in [4.69, 9.17) is 16.3 Å². The van der Waals surface area contributed by atoms with E-state index in [1.165, 1.54) is 0 Å². The lowest BCUT2D eigenvalue weighted by atomic mass is 10.1. The molecule has 100 valence electrons. The first-order valence-corrected chi connectivity index (χ1v) is 7.97. The van der Waals surface area contributed by atoms with Crippen LogP contribution in [0.1, 0.15) is 18.4 Å². The van der Waals surface area contributed by atoms with Gasteiger partial charge in [-0.05, 0) is 25.0 Å². The van der Waals surface area contributed by atoms with Gasteiger partial charge in [-0.15, -0.1) is 0 Å². The van der Waals surface area contributed by atoms with Crippen LogP contribution in [-0.2, 0) is 17.3 Å². The molecule has 1 aromatic carbocycles. The molecule has 2 rings (SSSR count). The predicted octanol–water partition coefficient (Wildman–Crippen LogP) is 2.35. The lowest BCUT2D eigenvalue weighted by Gasteiger charge is -2.23. The Labute approximate surface area is 115 Å². The van der Waals surface area contributed by atoms with Crippen molar-refractivity contribution in [2.24, 2.45) is 0 Å². The van der Waals surface area contributed by atoms with Gasteiger partial charge in [-0.25, -0.2) is 0 Å². The Hall–Kier alpha value is -0.580. The maximum atomic E-state index is 11.3. The minimum Gasteiger partial charge on any atom is -0.496 e. The largest absolute Gasteiger partial charge is 0.496 e. The van der Waals surface area contributed by atoms with Crippen LogP contribution < -0.4 is 10.1 Å². The molecule has 0 bridgehead atoms. The smallest absolute Gasteiger partial charge is 0.124 e. The Morgan fingerprint density at radius 1 is 1.44 bits per heavy atom. The number of ether oxygens (including phenoxy) is 1. The third kappa shape index (κ3) is 3.46. The number of benzene rings is 1. The van der Waals surface area contributed by atoms with Crippen molar-refractivity contribution >= 4 is 22.4 Å². The first-order valence-electron chi connectivity index (χ1n) is 6.10. The lowest BCUT2D eigenvalue weighted by Crippen LogP contribution is -2.35. The third-order valence-corrected chi connectivity index (χ3v) is 4.99. The van der Waals surface area contributed by atoms with E-state index in [0.29, 0.717) is 12.6 Å². The van der Waals surface area contributed by atoms with E-state index in [9.17, 15) is 4.21 Å². The van der Waals surface area contributed by atoms with Gasteiger partial charge in [-0.3, -0.25) is 4.21 Å². The second kappa shape index (κ2) is 6.55. The number of hydrogen-bond acceptors (Lipinski definition) is 3. The first-order chi connectivity index (χ1) is 8.70. The second-order valence-electron chi connectivity index (χ2n) is 4.42. The molecule has 0 aliphatic carbocycles. The zero-order valence-electron chi connectivity index (χ0n) is 10.4. The second-order valence-corrected chi connectivity index (χ2v) is 6.53. The van der Waals surface area contributed by atoms with E-state index < -0.39 is 10.8 Å². The van der Waals surface area contributed by atoms with Crippen molar-refractivity contribution in [3.63, 3.8) is 0 Å². The molecule has 18 heavy (non-hydrogen) atoms. The lowest BCUT2D eigenvalue weighted by molar-refractivity contribution is 0.402. The molecule has 0 saturated carbocycles. The highest BCUT2D eigenvalue weighted by Gasteiger charge is 2.18. The van der Waals surface area contributed by atoms with Gasteiger partial charge in [-0.1, -0.05) is 17.7 Å². The molecule has 1 heterocycles. The summed E-state index contributed by atoms with van der Waals surface area (Å²) in [7, 11) is 1.04. The molecular weight excluding hydrogens is 270 g/mol. The van der Waals surface area contributed by atoms with Crippen LogP contribution in [0.5, 0.6) is 5.75 Å². The highest BCUT2D eigenvalue weighted by molar-refractivity contribution is 7.85. The van der Waals surface area contributed by atoms with Crippen molar-refractivity contribution in [2.75, 3.05) is 18.6 Å². The summed E-state index contributed by atoms with van der Waals surface area (Å²) in [5.41, 5.74) is 0.994. The molecule has 1 aliphatic heterocycles. The highest BCUT2D eigenvalue weighted by atomic mass is 35.5. The quantitative estimate of drug-likeness (QED) is 0.924. The molecule has 1 N–H and O–H groups in total. The monoisotopic (exact) mass is 287 g/mol. The van der Waals surface area contributed by atoms with E-state index in [0.717, 1.165) is 40.7 Å². The van der Waals surface area contributed by atoms with Gasteiger partial charge in [0.15, 0.2) is 0 Å². The number of hydrogen-bond donors (Lipinski definition) is 1. The van der Waals surface area contributed by atoms with Crippen molar-refractivity contribution in [3.8, 4) is 5.75 Å². The molecule has 5 heteroatoms. The van der Waals surface area contributed by atoms with Gasteiger partial charge >= 0.3 is 0 Å². The molecule has 0 aromatic heterocycles. The maximum Gasteiger partial charge on any atom is 0.124 e. The summed E-state index contributed by atoms with van der Waals surface area (Å²) in [6, 6.07) is 6.10. The molecule has 0 atom stereocenters. The number of methoxy groups -OCH3 is 1. The maximum absolute atomic E-state index is 11.3. The van der Waals surface area contributed by atoms with Crippen LogP contribution in [0.4, 0.5) is 0 Å². The summed E-state index contributed by atoms with van der Waals surface area (Å²) in [5, 5.41) is 4.20. The molecule has 0 spiro atoms. The number of nitrogens with one attached hydrogen (secondary N) is 1.